The standard InChI is InChI=1S/C4H9FO4S/c5-1-4-2-8-10(6,7)9-3-4/h4,6-7H,1-3H2. The van der Waals surface area contributed by atoms with Crippen LogP contribution in [0.2, 0.25) is 0 Å². The van der Waals surface area contributed by atoms with E-state index in [4.69, 9.17) is 9.11 Å². The van der Waals surface area contributed by atoms with Crippen LogP contribution in [0.15, 0.2) is 0 Å². The second-order valence-corrected chi connectivity index (χ2v) is 3.40. The van der Waals surface area contributed by atoms with Gasteiger partial charge in [-0.1, -0.05) is 0 Å². The van der Waals surface area contributed by atoms with Crippen molar-refractivity contribution in [3.63, 3.8) is 0 Å². The maximum atomic E-state index is 11.8. The number of halogens is 1. The summed E-state index contributed by atoms with van der Waals surface area (Å²) in [4.78, 5) is 0. The highest BCUT2D eigenvalue weighted by atomic mass is 32.3. The Morgan fingerprint density at radius 3 is 2.30 bits per heavy atom. The molecule has 0 aliphatic carbocycles. The Balaban J connectivity index is 2.31. The zero-order valence-electron chi connectivity index (χ0n) is 5.20. The van der Waals surface area contributed by atoms with Gasteiger partial charge in [-0.25, -0.2) is 0 Å². The Kier molecular flexibility index (Phi) is 2.48. The minimum atomic E-state index is -3.29. The topological polar surface area (TPSA) is 58.9 Å². The van der Waals surface area contributed by atoms with Gasteiger partial charge >= 0.3 is 0 Å². The molecule has 62 valence electrons. The third-order valence-electron chi connectivity index (χ3n) is 1.13. The van der Waals surface area contributed by atoms with Gasteiger partial charge in [-0.15, -0.1) is 0 Å². The van der Waals surface area contributed by atoms with E-state index in [9.17, 15) is 4.39 Å². The Hall–Kier alpha value is 0.120. The number of hydrogen-bond donors (Lipinski definition) is 2. The Bertz CT molecular complexity index is 110. The number of rotatable bonds is 1. The van der Waals surface area contributed by atoms with E-state index in [0.717, 1.165) is 0 Å². The Labute approximate surface area is 59.7 Å². The molecule has 1 rings (SSSR count). The molecule has 0 radical (unpaired) electrons. The summed E-state index contributed by atoms with van der Waals surface area (Å²) in [7, 11) is 0. The fraction of sp³-hybridized carbons (Fsp3) is 1.00. The molecule has 0 unspecified atom stereocenters. The molecule has 1 fully saturated rings. The fourth-order valence-corrected chi connectivity index (χ4v) is 1.35. The monoisotopic (exact) mass is 172 g/mol. The molecule has 2 N–H and O–H groups in total. The summed E-state index contributed by atoms with van der Waals surface area (Å²) in [6.45, 7) is -0.535. The van der Waals surface area contributed by atoms with Crippen LogP contribution in [0, 0.1) is 5.92 Å². The molecule has 1 aliphatic rings. The first-order valence-corrected chi connectivity index (χ1v) is 4.16. The summed E-state index contributed by atoms with van der Waals surface area (Å²) in [5.74, 6) is -0.361. The van der Waals surface area contributed by atoms with Gasteiger partial charge in [0.1, 0.15) is 0 Å². The fourth-order valence-electron chi connectivity index (χ4n) is 0.541. The van der Waals surface area contributed by atoms with Crippen molar-refractivity contribution in [2.24, 2.45) is 5.92 Å². The second kappa shape index (κ2) is 3.02. The molecule has 0 spiro atoms. The van der Waals surface area contributed by atoms with Crippen molar-refractivity contribution < 1.29 is 21.9 Å². The first-order valence-electron chi connectivity index (χ1n) is 2.77. The molecule has 1 saturated heterocycles. The minimum Gasteiger partial charge on any atom is -0.287 e. The quantitative estimate of drug-likeness (QED) is 0.624. The van der Waals surface area contributed by atoms with Crippen LogP contribution in [0.1, 0.15) is 0 Å². The average Bonchev–Trinajstić information content (AvgIpc) is 1.88. The summed E-state index contributed by atoms with van der Waals surface area (Å²) in [6, 6.07) is 0. The molecular formula is C4H9FO4S. The van der Waals surface area contributed by atoms with Crippen molar-refractivity contribution in [1.82, 2.24) is 0 Å². The van der Waals surface area contributed by atoms with E-state index in [-0.39, 0.29) is 19.1 Å². The van der Waals surface area contributed by atoms with Gasteiger partial charge in [0.2, 0.25) is 11.2 Å². The van der Waals surface area contributed by atoms with Crippen molar-refractivity contribution in [2.45, 2.75) is 0 Å². The van der Waals surface area contributed by atoms with Gasteiger partial charge in [-0.2, -0.15) is 0 Å². The van der Waals surface area contributed by atoms with Crippen LogP contribution in [0.3, 0.4) is 0 Å². The van der Waals surface area contributed by atoms with Crippen molar-refractivity contribution in [1.29, 1.82) is 0 Å². The summed E-state index contributed by atoms with van der Waals surface area (Å²) in [5.41, 5.74) is 0. The van der Waals surface area contributed by atoms with Crippen LogP contribution in [0.5, 0.6) is 0 Å². The predicted molar refractivity (Wildman–Crippen MR) is 34.2 cm³/mol. The van der Waals surface area contributed by atoms with Crippen molar-refractivity contribution in [2.75, 3.05) is 19.9 Å². The number of hydrogen-bond acceptors (Lipinski definition) is 4. The van der Waals surface area contributed by atoms with Crippen LogP contribution >= 0.6 is 11.2 Å². The highest BCUT2D eigenvalue weighted by Crippen LogP contribution is 2.44. The summed E-state index contributed by atoms with van der Waals surface area (Å²) >= 11 is -3.29. The van der Waals surface area contributed by atoms with Crippen molar-refractivity contribution in [3.05, 3.63) is 0 Å². The third kappa shape index (κ3) is 2.06. The van der Waals surface area contributed by atoms with E-state index >= 15 is 0 Å². The van der Waals surface area contributed by atoms with Crippen LogP contribution in [-0.4, -0.2) is 29.0 Å². The lowest BCUT2D eigenvalue weighted by Gasteiger charge is -2.32. The van der Waals surface area contributed by atoms with Gasteiger partial charge in [0.15, 0.2) is 0 Å². The molecule has 10 heavy (non-hydrogen) atoms. The molecule has 0 bridgehead atoms. The maximum Gasteiger partial charge on any atom is 0.219 e. The molecule has 6 heteroatoms. The van der Waals surface area contributed by atoms with E-state index in [0.29, 0.717) is 0 Å². The molecule has 1 aliphatic heterocycles. The van der Waals surface area contributed by atoms with Gasteiger partial charge in [0.05, 0.1) is 19.9 Å². The molecule has 0 aromatic heterocycles. The lowest BCUT2D eigenvalue weighted by atomic mass is 10.2. The van der Waals surface area contributed by atoms with Crippen molar-refractivity contribution in [3.8, 4) is 0 Å². The maximum absolute atomic E-state index is 11.8. The third-order valence-corrected chi connectivity index (χ3v) is 2.02. The SMILES string of the molecule is OS1(O)OCC(CF)CO1. The molecule has 0 amide bonds. The van der Waals surface area contributed by atoms with Crippen LogP contribution in [0.4, 0.5) is 4.39 Å². The van der Waals surface area contributed by atoms with Crippen LogP contribution in [-0.2, 0) is 8.37 Å². The molecule has 0 atom stereocenters. The predicted octanol–water partition coefficient (Wildman–Crippen LogP) is 1.20. The summed E-state index contributed by atoms with van der Waals surface area (Å²) < 4.78 is 37.9. The van der Waals surface area contributed by atoms with Crippen LogP contribution in [0.25, 0.3) is 0 Å². The zero-order valence-corrected chi connectivity index (χ0v) is 6.01. The van der Waals surface area contributed by atoms with E-state index in [1.54, 1.807) is 0 Å². The van der Waals surface area contributed by atoms with E-state index in [1.165, 1.54) is 0 Å². The molecule has 0 aromatic rings. The van der Waals surface area contributed by atoms with E-state index in [2.05, 4.69) is 8.37 Å². The minimum absolute atomic E-state index is 0.0127. The van der Waals surface area contributed by atoms with Gasteiger partial charge in [0, 0.05) is 5.92 Å². The normalized spacial score (nSPS) is 29.9. The molecule has 1 heterocycles. The highest BCUT2D eigenvalue weighted by Gasteiger charge is 2.28. The van der Waals surface area contributed by atoms with Crippen molar-refractivity contribution >= 4 is 11.2 Å². The lowest BCUT2D eigenvalue weighted by molar-refractivity contribution is 0.0549. The van der Waals surface area contributed by atoms with E-state index in [1.807, 2.05) is 0 Å². The molecule has 0 saturated carbocycles. The first-order chi connectivity index (χ1) is 4.64. The second-order valence-electron chi connectivity index (χ2n) is 2.04. The Morgan fingerprint density at radius 2 is 1.90 bits per heavy atom. The van der Waals surface area contributed by atoms with Crippen LogP contribution < -0.4 is 0 Å². The first kappa shape index (κ1) is 8.22. The largest absolute Gasteiger partial charge is 0.287 e. The average molecular weight is 172 g/mol. The molecule has 0 aromatic carbocycles. The summed E-state index contributed by atoms with van der Waals surface area (Å²) in [6.07, 6.45) is 0. The molecule has 4 nitrogen and oxygen atoms in total. The smallest absolute Gasteiger partial charge is 0.219 e. The molecular weight excluding hydrogens is 163 g/mol. The van der Waals surface area contributed by atoms with Gasteiger partial charge in [-0.3, -0.25) is 21.9 Å². The highest BCUT2D eigenvalue weighted by molar-refractivity contribution is 8.16. The summed E-state index contributed by atoms with van der Waals surface area (Å²) in [5, 5.41) is 0. The van der Waals surface area contributed by atoms with Gasteiger partial charge < -0.3 is 0 Å². The Morgan fingerprint density at radius 1 is 1.40 bits per heavy atom. The van der Waals surface area contributed by atoms with Gasteiger partial charge in [-0.05, 0) is 0 Å². The number of alkyl halides is 1. The zero-order chi connectivity index (χ0) is 7.61. The van der Waals surface area contributed by atoms with Gasteiger partial charge in [0.25, 0.3) is 0 Å². The lowest BCUT2D eigenvalue weighted by Crippen LogP contribution is -2.27. The van der Waals surface area contributed by atoms with E-state index < -0.39 is 17.8 Å².